The molecule has 0 aromatic rings. The fraction of sp³-hybridized carbons (Fsp3) is 0.933. The predicted molar refractivity (Wildman–Crippen MR) is 78.2 cm³/mol. The van der Waals surface area contributed by atoms with Crippen molar-refractivity contribution in [3.63, 3.8) is 0 Å². The maximum atomic E-state index is 12.4. The van der Waals surface area contributed by atoms with Gasteiger partial charge in [0.05, 0.1) is 0 Å². The molecule has 2 saturated heterocycles. The Morgan fingerprint density at radius 2 is 2.00 bits per heavy atom. The molecule has 2 fully saturated rings. The zero-order chi connectivity index (χ0) is 13.5. The molecule has 0 spiro atoms. The third-order valence-electron chi connectivity index (χ3n) is 4.51. The molecule has 110 valence electrons. The summed E-state index contributed by atoms with van der Waals surface area (Å²) in [6.07, 6.45) is 8.39. The highest BCUT2D eigenvalue weighted by Gasteiger charge is 2.32. The van der Waals surface area contributed by atoms with Gasteiger partial charge < -0.3 is 15.5 Å². The quantitative estimate of drug-likeness (QED) is 0.824. The summed E-state index contributed by atoms with van der Waals surface area (Å²) in [6, 6.07) is 0.647. The van der Waals surface area contributed by atoms with Crippen molar-refractivity contribution in [1.29, 1.82) is 0 Å². The van der Waals surface area contributed by atoms with Crippen LogP contribution in [0.25, 0.3) is 0 Å². The van der Waals surface area contributed by atoms with E-state index in [1.807, 2.05) is 0 Å². The van der Waals surface area contributed by atoms with Crippen molar-refractivity contribution < 1.29 is 4.79 Å². The van der Waals surface area contributed by atoms with Crippen molar-refractivity contribution >= 4 is 6.03 Å². The fourth-order valence-electron chi connectivity index (χ4n) is 3.44. The number of carbonyl (C=O) groups excluding carboxylic acids is 1. The second-order valence-electron chi connectivity index (χ2n) is 5.93. The lowest BCUT2D eigenvalue weighted by Gasteiger charge is -2.38. The second kappa shape index (κ2) is 7.73. The van der Waals surface area contributed by atoms with Gasteiger partial charge in [-0.2, -0.15) is 0 Å². The number of urea groups is 1. The Morgan fingerprint density at radius 1 is 1.21 bits per heavy atom. The molecular weight excluding hydrogens is 238 g/mol. The molecule has 0 bridgehead atoms. The average molecular weight is 267 g/mol. The van der Waals surface area contributed by atoms with Gasteiger partial charge in [0.15, 0.2) is 0 Å². The molecule has 2 aliphatic heterocycles. The smallest absolute Gasteiger partial charge is 0.317 e. The molecule has 2 aliphatic rings. The monoisotopic (exact) mass is 267 g/mol. The van der Waals surface area contributed by atoms with Crippen LogP contribution in [0.1, 0.15) is 51.9 Å². The van der Waals surface area contributed by atoms with Crippen molar-refractivity contribution in [2.24, 2.45) is 5.92 Å². The molecular formula is C15H29N3O. The number of hydrogen-bond donors (Lipinski definition) is 2. The maximum Gasteiger partial charge on any atom is 0.317 e. The molecule has 1 atom stereocenters. The molecule has 2 amide bonds. The van der Waals surface area contributed by atoms with Crippen LogP contribution >= 0.6 is 0 Å². The van der Waals surface area contributed by atoms with Gasteiger partial charge in [0, 0.05) is 19.1 Å². The van der Waals surface area contributed by atoms with Crippen LogP contribution in [0.3, 0.4) is 0 Å². The highest BCUT2D eigenvalue weighted by atomic mass is 16.2. The third kappa shape index (κ3) is 4.10. The first-order valence-electron chi connectivity index (χ1n) is 8.08. The molecule has 0 aliphatic carbocycles. The Labute approximate surface area is 117 Å². The minimum absolute atomic E-state index is 0.173. The molecule has 1 unspecified atom stereocenters. The summed E-state index contributed by atoms with van der Waals surface area (Å²) in [4.78, 5) is 14.5. The number of carbonyl (C=O) groups is 1. The first-order chi connectivity index (χ1) is 9.33. The summed E-state index contributed by atoms with van der Waals surface area (Å²) in [5, 5.41) is 6.50. The van der Waals surface area contributed by atoms with E-state index >= 15 is 0 Å². The van der Waals surface area contributed by atoms with Crippen molar-refractivity contribution in [3.8, 4) is 0 Å². The highest BCUT2D eigenvalue weighted by Crippen LogP contribution is 2.28. The van der Waals surface area contributed by atoms with E-state index in [0.29, 0.717) is 12.0 Å². The summed E-state index contributed by atoms with van der Waals surface area (Å²) >= 11 is 0. The van der Waals surface area contributed by atoms with E-state index < -0.39 is 0 Å². The molecule has 4 nitrogen and oxygen atoms in total. The first-order valence-corrected chi connectivity index (χ1v) is 8.08. The summed E-state index contributed by atoms with van der Waals surface area (Å²) in [5.41, 5.74) is 0. The summed E-state index contributed by atoms with van der Waals surface area (Å²) < 4.78 is 0. The topological polar surface area (TPSA) is 44.4 Å². The van der Waals surface area contributed by atoms with Crippen LogP contribution in [0.5, 0.6) is 0 Å². The summed E-state index contributed by atoms with van der Waals surface area (Å²) in [5.74, 6) is 0.701. The maximum absolute atomic E-state index is 12.4. The Balaban J connectivity index is 1.99. The van der Waals surface area contributed by atoms with E-state index in [9.17, 15) is 4.79 Å². The van der Waals surface area contributed by atoms with Crippen LogP contribution in [-0.2, 0) is 0 Å². The van der Waals surface area contributed by atoms with E-state index in [2.05, 4.69) is 22.5 Å². The number of nitrogens with zero attached hydrogens (tertiary/aromatic N) is 1. The zero-order valence-electron chi connectivity index (χ0n) is 12.3. The highest BCUT2D eigenvalue weighted by molar-refractivity contribution is 5.74. The minimum Gasteiger partial charge on any atom is -0.338 e. The van der Waals surface area contributed by atoms with Crippen molar-refractivity contribution in [2.45, 2.75) is 57.9 Å². The lowest BCUT2D eigenvalue weighted by atomic mass is 9.87. The number of amides is 2. The van der Waals surface area contributed by atoms with E-state index in [0.717, 1.165) is 32.6 Å². The first kappa shape index (κ1) is 14.6. The Kier molecular flexibility index (Phi) is 5.95. The molecule has 2 N–H and O–H groups in total. The Bertz CT molecular complexity index is 277. The van der Waals surface area contributed by atoms with Crippen LogP contribution in [0.15, 0.2) is 0 Å². The number of hydrogen-bond acceptors (Lipinski definition) is 2. The average Bonchev–Trinajstić information content (AvgIpc) is 2.71. The Hall–Kier alpha value is -0.770. The van der Waals surface area contributed by atoms with Gasteiger partial charge in [0.25, 0.3) is 0 Å². The molecule has 2 rings (SSSR count). The van der Waals surface area contributed by atoms with Gasteiger partial charge in [0.2, 0.25) is 0 Å². The van der Waals surface area contributed by atoms with Crippen LogP contribution in [-0.4, -0.2) is 43.2 Å². The number of rotatable bonds is 3. The van der Waals surface area contributed by atoms with Gasteiger partial charge >= 0.3 is 6.03 Å². The normalized spacial score (nSPS) is 25.9. The lowest BCUT2D eigenvalue weighted by molar-refractivity contribution is 0.133. The van der Waals surface area contributed by atoms with Crippen molar-refractivity contribution in [3.05, 3.63) is 0 Å². The van der Waals surface area contributed by atoms with E-state index in [-0.39, 0.29) is 6.03 Å². The number of nitrogens with one attached hydrogen (secondary N) is 2. The van der Waals surface area contributed by atoms with Crippen LogP contribution in [0.4, 0.5) is 4.79 Å². The van der Waals surface area contributed by atoms with E-state index in [4.69, 9.17) is 0 Å². The third-order valence-corrected chi connectivity index (χ3v) is 4.51. The fourth-order valence-corrected chi connectivity index (χ4v) is 3.44. The van der Waals surface area contributed by atoms with Crippen LogP contribution in [0, 0.1) is 5.92 Å². The van der Waals surface area contributed by atoms with Gasteiger partial charge in [-0.25, -0.2) is 4.79 Å². The van der Waals surface area contributed by atoms with Gasteiger partial charge in [-0.3, -0.25) is 0 Å². The van der Waals surface area contributed by atoms with E-state index in [1.165, 1.54) is 38.5 Å². The van der Waals surface area contributed by atoms with Gasteiger partial charge in [0.1, 0.15) is 0 Å². The number of piperidine rings is 1. The zero-order valence-corrected chi connectivity index (χ0v) is 12.3. The molecule has 0 radical (unpaired) electrons. The number of likely N-dealkylation sites (tertiary alicyclic amines) is 1. The van der Waals surface area contributed by atoms with Gasteiger partial charge in [-0.15, -0.1) is 0 Å². The van der Waals surface area contributed by atoms with E-state index in [1.54, 1.807) is 0 Å². The largest absolute Gasteiger partial charge is 0.338 e. The SMILES string of the molecule is CCCNC(=O)N1CCCCCC1C1CCNCC1. The molecule has 2 heterocycles. The summed E-state index contributed by atoms with van der Waals surface area (Å²) in [7, 11) is 0. The van der Waals surface area contributed by atoms with Crippen LogP contribution in [0.2, 0.25) is 0 Å². The summed E-state index contributed by atoms with van der Waals surface area (Å²) in [6.45, 7) is 6.09. The minimum atomic E-state index is 0.173. The lowest BCUT2D eigenvalue weighted by Crippen LogP contribution is -2.50. The van der Waals surface area contributed by atoms with Gasteiger partial charge in [-0.1, -0.05) is 19.8 Å². The molecule has 19 heavy (non-hydrogen) atoms. The van der Waals surface area contributed by atoms with Crippen molar-refractivity contribution in [2.75, 3.05) is 26.2 Å². The molecule has 0 saturated carbocycles. The molecule has 0 aromatic heterocycles. The predicted octanol–water partition coefficient (Wildman–Crippen LogP) is 2.35. The van der Waals surface area contributed by atoms with Gasteiger partial charge in [-0.05, 0) is 51.1 Å². The Morgan fingerprint density at radius 3 is 2.74 bits per heavy atom. The van der Waals surface area contributed by atoms with Crippen LogP contribution < -0.4 is 10.6 Å². The molecule has 0 aromatic carbocycles. The molecule has 4 heteroatoms. The van der Waals surface area contributed by atoms with Crippen molar-refractivity contribution in [1.82, 2.24) is 15.5 Å². The standard InChI is InChI=1S/C15H29N3O/c1-2-9-17-15(19)18-12-5-3-4-6-14(18)13-7-10-16-11-8-13/h13-14,16H,2-12H2,1H3,(H,17,19). The second-order valence-corrected chi connectivity index (χ2v) is 5.93.